The number of rotatable bonds is 6. The zero-order valence-corrected chi connectivity index (χ0v) is 10.8. The molecule has 17 heavy (non-hydrogen) atoms. The monoisotopic (exact) mass is 272 g/mol. The number of hydrogen-bond acceptors (Lipinski definition) is 2. The summed E-state index contributed by atoms with van der Waals surface area (Å²) in [5.41, 5.74) is 0.574. The zero-order valence-electron chi connectivity index (χ0n) is 9.30. The van der Waals surface area contributed by atoms with Crippen molar-refractivity contribution < 1.29 is 4.79 Å². The van der Waals surface area contributed by atoms with Gasteiger partial charge in [-0.25, -0.2) is 0 Å². The molecular weight excluding hydrogens is 259 g/mol. The molecule has 3 nitrogen and oxygen atoms in total. The van der Waals surface area contributed by atoms with Crippen LogP contribution in [0.5, 0.6) is 0 Å². The highest BCUT2D eigenvalue weighted by molar-refractivity contribution is 6.36. The molecule has 92 valence electrons. The van der Waals surface area contributed by atoms with Crippen molar-refractivity contribution in [2.75, 3.05) is 18.4 Å². The second-order valence-corrected chi connectivity index (χ2v) is 4.26. The number of carbonyl (C=O) groups excluding carboxylic acids is 1. The molecule has 0 saturated heterocycles. The van der Waals surface area contributed by atoms with Crippen molar-refractivity contribution in [3.8, 4) is 0 Å². The lowest BCUT2D eigenvalue weighted by atomic mass is 10.3. The molecule has 0 saturated carbocycles. The molecule has 0 aliphatic carbocycles. The number of anilines is 1. The van der Waals surface area contributed by atoms with Gasteiger partial charge in [-0.2, -0.15) is 0 Å². The van der Waals surface area contributed by atoms with Gasteiger partial charge in [0.15, 0.2) is 0 Å². The molecule has 1 aromatic rings. The zero-order chi connectivity index (χ0) is 12.7. The van der Waals surface area contributed by atoms with E-state index in [9.17, 15) is 4.79 Å². The Morgan fingerprint density at radius 1 is 1.41 bits per heavy atom. The van der Waals surface area contributed by atoms with Gasteiger partial charge in [0.25, 0.3) is 0 Å². The van der Waals surface area contributed by atoms with Crippen molar-refractivity contribution in [1.29, 1.82) is 0 Å². The maximum Gasteiger partial charge on any atom is 0.225 e. The molecule has 0 heterocycles. The van der Waals surface area contributed by atoms with Crippen LogP contribution >= 0.6 is 23.2 Å². The third kappa shape index (κ3) is 5.22. The number of hydrogen-bond donors (Lipinski definition) is 2. The Labute approximate surface area is 111 Å². The second-order valence-electron chi connectivity index (χ2n) is 3.42. The second kappa shape index (κ2) is 7.33. The summed E-state index contributed by atoms with van der Waals surface area (Å²) in [6, 6.07) is 4.95. The van der Waals surface area contributed by atoms with E-state index in [4.69, 9.17) is 23.2 Å². The summed E-state index contributed by atoms with van der Waals surface area (Å²) in [5, 5.41) is 6.74. The molecule has 0 unspecified atom stereocenters. The molecular formula is C12H14Cl2N2O. The van der Waals surface area contributed by atoms with Crippen LogP contribution in [0, 0.1) is 0 Å². The predicted molar refractivity (Wildman–Crippen MR) is 72.8 cm³/mol. The van der Waals surface area contributed by atoms with Crippen molar-refractivity contribution in [3.63, 3.8) is 0 Å². The first-order valence-corrected chi connectivity index (χ1v) is 5.95. The van der Waals surface area contributed by atoms with E-state index in [1.807, 2.05) is 0 Å². The Morgan fingerprint density at radius 3 is 2.82 bits per heavy atom. The first-order valence-electron chi connectivity index (χ1n) is 5.20. The normalized spacial score (nSPS) is 10.0. The van der Waals surface area contributed by atoms with E-state index in [2.05, 4.69) is 17.2 Å². The molecule has 2 N–H and O–H groups in total. The van der Waals surface area contributed by atoms with Crippen LogP contribution < -0.4 is 10.6 Å². The minimum absolute atomic E-state index is 0.0919. The molecule has 0 bridgehead atoms. The Balaban J connectivity index is 2.42. The van der Waals surface area contributed by atoms with Crippen LogP contribution in [-0.2, 0) is 4.79 Å². The molecule has 5 heteroatoms. The lowest BCUT2D eigenvalue weighted by Gasteiger charge is -2.07. The lowest BCUT2D eigenvalue weighted by molar-refractivity contribution is -0.116. The van der Waals surface area contributed by atoms with Gasteiger partial charge < -0.3 is 10.6 Å². The lowest BCUT2D eigenvalue weighted by Crippen LogP contribution is -2.21. The fourth-order valence-corrected chi connectivity index (χ4v) is 1.67. The molecule has 0 radical (unpaired) electrons. The van der Waals surface area contributed by atoms with E-state index in [1.165, 1.54) is 0 Å². The van der Waals surface area contributed by atoms with E-state index in [1.54, 1.807) is 24.3 Å². The van der Waals surface area contributed by atoms with Gasteiger partial charge in [0.05, 0.1) is 10.7 Å². The summed E-state index contributed by atoms with van der Waals surface area (Å²) >= 11 is 11.7. The molecule has 0 aliphatic heterocycles. The standard InChI is InChI=1S/C12H14Cl2N2O/c1-2-6-15-7-5-12(17)16-11-4-3-9(13)8-10(11)14/h2-4,8,15H,1,5-7H2,(H,16,17). The van der Waals surface area contributed by atoms with Crippen molar-refractivity contribution >= 4 is 34.8 Å². The first kappa shape index (κ1) is 14.0. The summed E-state index contributed by atoms with van der Waals surface area (Å²) in [6.07, 6.45) is 2.13. The summed E-state index contributed by atoms with van der Waals surface area (Å²) < 4.78 is 0. The molecule has 1 amide bonds. The van der Waals surface area contributed by atoms with E-state index in [-0.39, 0.29) is 5.91 Å². The minimum atomic E-state index is -0.0919. The average molecular weight is 273 g/mol. The third-order valence-corrected chi connectivity index (χ3v) is 2.57. The summed E-state index contributed by atoms with van der Waals surface area (Å²) in [7, 11) is 0. The van der Waals surface area contributed by atoms with Gasteiger partial charge in [-0.1, -0.05) is 29.3 Å². The van der Waals surface area contributed by atoms with Crippen LogP contribution in [-0.4, -0.2) is 19.0 Å². The van der Waals surface area contributed by atoms with Gasteiger partial charge in [-0.05, 0) is 18.2 Å². The molecule has 1 rings (SSSR count). The number of carbonyl (C=O) groups is 1. The van der Waals surface area contributed by atoms with E-state index in [0.29, 0.717) is 35.2 Å². The van der Waals surface area contributed by atoms with Gasteiger partial charge in [0.2, 0.25) is 5.91 Å². The van der Waals surface area contributed by atoms with Crippen molar-refractivity contribution in [2.45, 2.75) is 6.42 Å². The highest BCUT2D eigenvalue weighted by atomic mass is 35.5. The van der Waals surface area contributed by atoms with Crippen LogP contribution in [0.1, 0.15) is 6.42 Å². The number of nitrogens with one attached hydrogen (secondary N) is 2. The molecule has 1 aromatic carbocycles. The average Bonchev–Trinajstić information content (AvgIpc) is 2.28. The van der Waals surface area contributed by atoms with Gasteiger partial charge in [-0.3, -0.25) is 4.79 Å². The summed E-state index contributed by atoms with van der Waals surface area (Å²) in [4.78, 5) is 11.5. The highest BCUT2D eigenvalue weighted by Gasteiger charge is 2.05. The number of benzene rings is 1. The topological polar surface area (TPSA) is 41.1 Å². The van der Waals surface area contributed by atoms with Gasteiger partial charge in [0.1, 0.15) is 0 Å². The van der Waals surface area contributed by atoms with Gasteiger partial charge >= 0.3 is 0 Å². The quantitative estimate of drug-likeness (QED) is 0.617. The third-order valence-electron chi connectivity index (χ3n) is 2.02. The number of halogens is 2. The molecule has 0 atom stereocenters. The van der Waals surface area contributed by atoms with Gasteiger partial charge in [-0.15, -0.1) is 6.58 Å². The fourth-order valence-electron chi connectivity index (χ4n) is 1.21. The number of amides is 1. The Hall–Kier alpha value is -1.03. The molecule has 0 aliphatic rings. The van der Waals surface area contributed by atoms with Crippen molar-refractivity contribution in [1.82, 2.24) is 5.32 Å². The summed E-state index contributed by atoms with van der Waals surface area (Å²) in [6.45, 7) is 4.86. The van der Waals surface area contributed by atoms with Crippen LogP contribution in [0.25, 0.3) is 0 Å². The molecule has 0 spiro atoms. The Morgan fingerprint density at radius 2 is 2.18 bits per heavy atom. The van der Waals surface area contributed by atoms with E-state index in [0.717, 1.165) is 0 Å². The van der Waals surface area contributed by atoms with Crippen LogP contribution in [0.15, 0.2) is 30.9 Å². The first-order chi connectivity index (χ1) is 8.13. The van der Waals surface area contributed by atoms with E-state index < -0.39 is 0 Å². The van der Waals surface area contributed by atoms with Crippen LogP contribution in [0.4, 0.5) is 5.69 Å². The Bertz CT molecular complexity index is 407. The van der Waals surface area contributed by atoms with E-state index >= 15 is 0 Å². The van der Waals surface area contributed by atoms with Gasteiger partial charge in [0, 0.05) is 24.5 Å². The molecule has 0 fully saturated rings. The van der Waals surface area contributed by atoms with Crippen molar-refractivity contribution in [3.05, 3.63) is 40.9 Å². The maximum atomic E-state index is 11.5. The maximum absolute atomic E-state index is 11.5. The highest BCUT2D eigenvalue weighted by Crippen LogP contribution is 2.25. The Kier molecular flexibility index (Phi) is 6.05. The smallest absolute Gasteiger partial charge is 0.225 e. The van der Waals surface area contributed by atoms with Crippen LogP contribution in [0.2, 0.25) is 10.0 Å². The molecule has 0 aromatic heterocycles. The largest absolute Gasteiger partial charge is 0.325 e. The fraction of sp³-hybridized carbons (Fsp3) is 0.250. The van der Waals surface area contributed by atoms with Crippen molar-refractivity contribution in [2.24, 2.45) is 0 Å². The minimum Gasteiger partial charge on any atom is -0.325 e. The predicted octanol–water partition coefficient (Wildman–Crippen LogP) is 3.10. The van der Waals surface area contributed by atoms with Crippen LogP contribution in [0.3, 0.4) is 0 Å². The summed E-state index contributed by atoms with van der Waals surface area (Å²) in [5.74, 6) is -0.0919. The SMILES string of the molecule is C=CCNCCC(=O)Nc1ccc(Cl)cc1Cl.